The normalized spacial score (nSPS) is 14.8. The molecule has 0 aliphatic carbocycles. The van der Waals surface area contributed by atoms with Gasteiger partial charge >= 0.3 is 0 Å². The van der Waals surface area contributed by atoms with E-state index < -0.39 is 5.92 Å². The SMILES string of the molecule is COc1cc([C@@H]2C(C#N)=C(SCC(=O)Nc3ccc(C)cc3)NC(C)=C2C(=O)Nc2ccccc2)ccc1O. The van der Waals surface area contributed by atoms with E-state index in [4.69, 9.17) is 4.74 Å². The second-order valence-electron chi connectivity index (χ2n) is 8.91. The lowest BCUT2D eigenvalue weighted by Gasteiger charge is -2.30. The van der Waals surface area contributed by atoms with Crippen molar-refractivity contribution < 1.29 is 19.4 Å². The van der Waals surface area contributed by atoms with E-state index in [0.717, 1.165) is 5.56 Å². The van der Waals surface area contributed by atoms with Gasteiger partial charge in [-0.05, 0) is 55.8 Å². The van der Waals surface area contributed by atoms with E-state index in [1.54, 1.807) is 31.2 Å². The van der Waals surface area contributed by atoms with Gasteiger partial charge in [0.05, 0.1) is 35.5 Å². The van der Waals surface area contributed by atoms with Gasteiger partial charge in [-0.2, -0.15) is 5.26 Å². The number of anilines is 2. The Morgan fingerprint density at radius 2 is 1.72 bits per heavy atom. The average molecular weight is 541 g/mol. The number of phenols is 1. The van der Waals surface area contributed by atoms with E-state index in [-0.39, 0.29) is 34.6 Å². The minimum Gasteiger partial charge on any atom is -0.504 e. The smallest absolute Gasteiger partial charge is 0.254 e. The first-order valence-corrected chi connectivity index (χ1v) is 13.1. The number of nitrogens with zero attached hydrogens (tertiary/aromatic N) is 1. The van der Waals surface area contributed by atoms with Crippen LogP contribution in [0.5, 0.6) is 11.5 Å². The number of nitrogens with one attached hydrogen (secondary N) is 3. The molecule has 1 heterocycles. The number of dihydropyridines is 1. The molecule has 9 heteroatoms. The van der Waals surface area contributed by atoms with Crippen LogP contribution in [0, 0.1) is 18.3 Å². The van der Waals surface area contributed by atoms with Crippen molar-refractivity contribution in [3.05, 3.63) is 106 Å². The average Bonchev–Trinajstić information content (AvgIpc) is 2.93. The van der Waals surface area contributed by atoms with E-state index in [9.17, 15) is 20.0 Å². The number of nitriles is 1. The molecule has 1 aliphatic heterocycles. The molecule has 1 aliphatic rings. The zero-order valence-electron chi connectivity index (χ0n) is 21.7. The monoisotopic (exact) mass is 540 g/mol. The predicted octanol–water partition coefficient (Wildman–Crippen LogP) is 5.42. The lowest BCUT2D eigenvalue weighted by atomic mass is 9.82. The molecular formula is C30H28N4O4S. The Bertz CT molecular complexity index is 1490. The van der Waals surface area contributed by atoms with Crippen molar-refractivity contribution >= 4 is 35.0 Å². The van der Waals surface area contributed by atoms with E-state index in [1.807, 2.05) is 49.4 Å². The number of para-hydroxylation sites is 1. The number of hydrogen-bond donors (Lipinski definition) is 4. The van der Waals surface area contributed by atoms with Gasteiger partial charge in [0.25, 0.3) is 5.91 Å². The molecule has 0 unspecified atom stereocenters. The van der Waals surface area contributed by atoms with Crippen LogP contribution in [0.1, 0.15) is 24.0 Å². The van der Waals surface area contributed by atoms with Gasteiger partial charge in [-0.1, -0.05) is 53.7 Å². The summed E-state index contributed by atoms with van der Waals surface area (Å²) in [5.74, 6) is -1.17. The summed E-state index contributed by atoms with van der Waals surface area (Å²) < 4.78 is 5.29. The lowest BCUT2D eigenvalue weighted by Crippen LogP contribution is -2.31. The van der Waals surface area contributed by atoms with Crippen LogP contribution in [0.2, 0.25) is 0 Å². The van der Waals surface area contributed by atoms with Crippen molar-refractivity contribution in [1.29, 1.82) is 5.26 Å². The highest BCUT2D eigenvalue weighted by atomic mass is 32.2. The largest absolute Gasteiger partial charge is 0.504 e. The Balaban J connectivity index is 1.67. The van der Waals surface area contributed by atoms with Crippen molar-refractivity contribution in [3.8, 4) is 17.6 Å². The van der Waals surface area contributed by atoms with Crippen LogP contribution in [0.4, 0.5) is 11.4 Å². The first kappa shape index (κ1) is 27.4. The van der Waals surface area contributed by atoms with Crippen LogP contribution in [-0.2, 0) is 9.59 Å². The Morgan fingerprint density at radius 1 is 1.03 bits per heavy atom. The van der Waals surface area contributed by atoms with Gasteiger partial charge in [0.15, 0.2) is 11.5 Å². The molecule has 8 nitrogen and oxygen atoms in total. The van der Waals surface area contributed by atoms with Crippen molar-refractivity contribution in [1.82, 2.24) is 5.32 Å². The summed E-state index contributed by atoms with van der Waals surface area (Å²) in [6, 6.07) is 23.5. The number of hydrogen-bond acceptors (Lipinski definition) is 7. The highest BCUT2D eigenvalue weighted by Crippen LogP contribution is 2.43. The lowest BCUT2D eigenvalue weighted by molar-refractivity contribution is -0.114. The number of carbonyl (C=O) groups excluding carboxylic acids is 2. The highest BCUT2D eigenvalue weighted by molar-refractivity contribution is 8.03. The van der Waals surface area contributed by atoms with Crippen LogP contribution >= 0.6 is 11.8 Å². The molecule has 0 saturated heterocycles. The van der Waals surface area contributed by atoms with E-state index in [1.165, 1.54) is 24.9 Å². The van der Waals surface area contributed by atoms with E-state index in [0.29, 0.717) is 33.2 Å². The second-order valence-corrected chi connectivity index (χ2v) is 9.89. The summed E-state index contributed by atoms with van der Waals surface area (Å²) in [4.78, 5) is 26.2. The zero-order valence-corrected chi connectivity index (χ0v) is 22.6. The minimum absolute atomic E-state index is 0.0475. The first-order chi connectivity index (χ1) is 18.8. The number of aryl methyl sites for hydroxylation is 1. The third-order valence-corrected chi connectivity index (χ3v) is 7.16. The number of aromatic hydroxyl groups is 1. The third kappa shape index (κ3) is 6.43. The fourth-order valence-corrected chi connectivity index (χ4v) is 5.12. The molecule has 0 radical (unpaired) electrons. The number of carbonyl (C=O) groups is 2. The van der Waals surface area contributed by atoms with E-state index >= 15 is 0 Å². The third-order valence-electron chi connectivity index (χ3n) is 6.14. The number of phenolic OH excluding ortho intramolecular Hbond substituents is 1. The maximum Gasteiger partial charge on any atom is 0.254 e. The van der Waals surface area contributed by atoms with Gasteiger partial charge in [-0.3, -0.25) is 9.59 Å². The maximum absolute atomic E-state index is 13.6. The van der Waals surface area contributed by atoms with Crippen molar-refractivity contribution in [3.63, 3.8) is 0 Å². The molecule has 0 bridgehead atoms. The molecule has 1 atom stereocenters. The van der Waals surface area contributed by atoms with Gasteiger partial charge in [0, 0.05) is 22.6 Å². The maximum atomic E-state index is 13.6. The van der Waals surface area contributed by atoms with Gasteiger partial charge in [0.2, 0.25) is 5.91 Å². The number of ether oxygens (including phenoxy) is 1. The summed E-state index contributed by atoms with van der Waals surface area (Å²) >= 11 is 1.18. The van der Waals surface area contributed by atoms with Gasteiger partial charge in [-0.25, -0.2) is 0 Å². The Labute approximate surface area is 231 Å². The van der Waals surface area contributed by atoms with Crippen LogP contribution in [0.15, 0.2) is 94.7 Å². The summed E-state index contributed by atoms with van der Waals surface area (Å²) in [7, 11) is 1.43. The number of rotatable bonds is 8. The molecule has 39 heavy (non-hydrogen) atoms. The Hall–Kier alpha value is -4.68. The van der Waals surface area contributed by atoms with Crippen LogP contribution < -0.4 is 20.7 Å². The number of thioether (sulfide) groups is 1. The molecule has 4 rings (SSSR count). The van der Waals surface area contributed by atoms with Crippen molar-refractivity contribution in [2.24, 2.45) is 0 Å². The van der Waals surface area contributed by atoms with Crippen molar-refractivity contribution in [2.45, 2.75) is 19.8 Å². The predicted molar refractivity (Wildman–Crippen MR) is 153 cm³/mol. The van der Waals surface area contributed by atoms with E-state index in [2.05, 4.69) is 22.0 Å². The summed E-state index contributed by atoms with van der Waals surface area (Å²) in [6.45, 7) is 3.72. The molecule has 2 amide bonds. The molecule has 0 saturated carbocycles. The Morgan fingerprint density at radius 3 is 2.38 bits per heavy atom. The quantitative estimate of drug-likeness (QED) is 0.301. The summed E-state index contributed by atoms with van der Waals surface area (Å²) in [5, 5.41) is 29.9. The van der Waals surface area contributed by atoms with Gasteiger partial charge < -0.3 is 25.8 Å². The van der Waals surface area contributed by atoms with Crippen LogP contribution in [0.25, 0.3) is 0 Å². The number of methoxy groups -OCH3 is 1. The fourth-order valence-electron chi connectivity index (χ4n) is 4.23. The van der Waals surface area contributed by atoms with Gasteiger partial charge in [0.1, 0.15) is 0 Å². The number of allylic oxidation sites excluding steroid dienone is 2. The Kier molecular flexibility index (Phi) is 8.59. The fraction of sp³-hybridized carbons (Fsp3) is 0.167. The van der Waals surface area contributed by atoms with Crippen LogP contribution in [-0.4, -0.2) is 29.8 Å². The number of amides is 2. The minimum atomic E-state index is -0.767. The van der Waals surface area contributed by atoms with Crippen LogP contribution in [0.3, 0.4) is 0 Å². The van der Waals surface area contributed by atoms with Gasteiger partial charge in [-0.15, -0.1) is 0 Å². The molecule has 0 fully saturated rings. The molecular weight excluding hydrogens is 512 g/mol. The zero-order chi connectivity index (χ0) is 27.9. The molecule has 3 aromatic rings. The number of benzene rings is 3. The second kappa shape index (κ2) is 12.2. The topological polar surface area (TPSA) is 123 Å². The summed E-state index contributed by atoms with van der Waals surface area (Å²) in [6.07, 6.45) is 0. The van der Waals surface area contributed by atoms with Crippen molar-refractivity contribution in [2.75, 3.05) is 23.5 Å². The standard InChI is InChI=1S/C30H28N4O4S/c1-18-9-12-22(13-10-18)33-26(36)17-39-30-23(16-31)28(20-11-14-24(35)25(15-20)38-3)27(19(2)32-30)29(37)34-21-7-5-4-6-8-21/h4-15,28,32,35H,17H2,1-3H3,(H,33,36)(H,34,37)/t28-/m1/s1. The molecule has 198 valence electrons. The highest BCUT2D eigenvalue weighted by Gasteiger charge is 2.35. The molecule has 3 aromatic carbocycles. The molecule has 0 aromatic heterocycles. The first-order valence-electron chi connectivity index (χ1n) is 12.2. The molecule has 0 spiro atoms. The molecule has 4 N–H and O–H groups in total. The summed E-state index contributed by atoms with van der Waals surface area (Å²) in [5.41, 5.74) is 4.13.